The van der Waals surface area contributed by atoms with Gasteiger partial charge in [-0.2, -0.15) is 0 Å². The molecule has 4 heterocycles. The third-order valence-electron chi connectivity index (χ3n) is 18.7. The van der Waals surface area contributed by atoms with E-state index in [1.807, 2.05) is 53.7 Å². The Morgan fingerprint density at radius 1 is 0.929 bits per heavy atom. The van der Waals surface area contributed by atoms with E-state index in [4.69, 9.17) is 14.2 Å². The van der Waals surface area contributed by atoms with Gasteiger partial charge in [-0.1, -0.05) is 102 Å². The van der Waals surface area contributed by atoms with Gasteiger partial charge in [-0.15, -0.1) is 0 Å². The number of esters is 1. The highest BCUT2D eigenvalue weighted by Gasteiger charge is 2.48. The second kappa shape index (κ2) is 31.5. The number of quaternary nitrogens is 1. The first-order valence-electron chi connectivity index (χ1n) is 31.7. The van der Waals surface area contributed by atoms with E-state index < -0.39 is 65.6 Å². The third-order valence-corrected chi connectivity index (χ3v) is 18.7. The van der Waals surface area contributed by atoms with Crippen LogP contribution in [0.5, 0.6) is 0 Å². The monoisotopic (exact) mass is 1190 g/mol. The van der Waals surface area contributed by atoms with Gasteiger partial charge in [-0.3, -0.25) is 38.6 Å². The van der Waals surface area contributed by atoms with E-state index in [1.54, 1.807) is 56.1 Å². The molecule has 4 aliphatic heterocycles. The smallest absolute Gasteiger partial charge is 0.410 e. The van der Waals surface area contributed by atoms with Crippen molar-refractivity contribution >= 4 is 41.4 Å². The van der Waals surface area contributed by atoms with Gasteiger partial charge in [0, 0.05) is 67.7 Å². The van der Waals surface area contributed by atoms with Crippen LogP contribution in [0.3, 0.4) is 0 Å². The molecule has 6 rings (SSSR count). The molecule has 0 unspecified atom stereocenters. The Balaban J connectivity index is 1.05. The topological polar surface area (TPSA) is 250 Å². The van der Waals surface area contributed by atoms with Crippen molar-refractivity contribution in [1.29, 1.82) is 0 Å². The first-order chi connectivity index (χ1) is 40.2. The van der Waals surface area contributed by atoms with E-state index >= 15 is 0 Å². The average molecular weight is 1190 g/mol. The predicted molar refractivity (Wildman–Crippen MR) is 323 cm³/mol. The molecule has 1 aliphatic carbocycles. The van der Waals surface area contributed by atoms with Crippen LogP contribution in [0.4, 0.5) is 4.79 Å². The van der Waals surface area contributed by atoms with Gasteiger partial charge < -0.3 is 44.4 Å². The Morgan fingerprint density at radius 3 is 2.21 bits per heavy atom. The number of aliphatic hydroxyl groups excluding tert-OH is 2. The van der Waals surface area contributed by atoms with E-state index in [0.717, 1.165) is 47.8 Å². The molecule has 472 valence electrons. The summed E-state index contributed by atoms with van der Waals surface area (Å²) in [7, 11) is 0. The van der Waals surface area contributed by atoms with Crippen molar-refractivity contribution in [2.75, 3.05) is 32.7 Å². The van der Waals surface area contributed by atoms with Gasteiger partial charge >= 0.3 is 12.1 Å². The van der Waals surface area contributed by atoms with Crippen molar-refractivity contribution in [2.24, 2.45) is 23.7 Å². The lowest BCUT2D eigenvalue weighted by molar-refractivity contribution is -0.967. The first kappa shape index (κ1) is 68.7. The van der Waals surface area contributed by atoms with E-state index in [2.05, 4.69) is 17.4 Å². The highest BCUT2D eigenvalue weighted by atomic mass is 16.6. The molecular weight excluding hydrogens is 1080 g/mol. The lowest BCUT2D eigenvalue weighted by Crippen LogP contribution is -2.64. The maximum Gasteiger partial charge on any atom is 0.410 e. The molecule has 1 aromatic carbocycles. The number of imide groups is 1. The normalized spacial score (nSPS) is 27.9. The predicted octanol–water partition coefficient (Wildman–Crippen LogP) is 8.10. The third kappa shape index (κ3) is 20.3. The summed E-state index contributed by atoms with van der Waals surface area (Å²) in [4.78, 5) is 94.1. The van der Waals surface area contributed by atoms with Crippen LogP contribution in [0, 0.1) is 23.7 Å². The Morgan fingerprint density at radius 2 is 1.58 bits per heavy atom. The number of nitrogens with one attached hydrogen (secondary N) is 1. The molecule has 1 saturated carbocycles. The van der Waals surface area contributed by atoms with Crippen LogP contribution >= 0.6 is 0 Å². The number of ketones is 2. The summed E-state index contributed by atoms with van der Waals surface area (Å²) >= 11 is 0. The molecule has 2 saturated heterocycles. The zero-order valence-electron chi connectivity index (χ0n) is 52.3. The SMILES string of the molecule is CC[C@H](O)[C@@H](C)[C@H]1O[C@@H]1C[C@@](C)(O)/C=C/C=C(\C)[C@H]1OC(=O)C[C@H](O)CC[C@@](C)(O)[C@@H](OC(=O)N2CC[N+](Cc3ccc(CC(=O)[C@H](C)NC(=O)[C@@H](CC(=O)CCCCCN4C(=O)C=CC4=O)C(C)C)cc3)(C3CCCCCC3)CC2)/C=C/[C@@H]1C. The van der Waals surface area contributed by atoms with Crippen LogP contribution in [0.15, 0.2) is 72.4 Å². The number of piperazine rings is 1. The molecule has 0 aromatic heterocycles. The summed E-state index contributed by atoms with van der Waals surface area (Å²) < 4.78 is 18.8. The average Bonchev–Trinajstić information content (AvgIpc) is 2.95. The van der Waals surface area contributed by atoms with Gasteiger partial charge in [0.2, 0.25) is 5.91 Å². The maximum atomic E-state index is 14.3. The highest BCUT2D eigenvalue weighted by molar-refractivity contribution is 6.12. The van der Waals surface area contributed by atoms with Gasteiger partial charge in [-0.25, -0.2) is 4.79 Å². The second-order valence-corrected chi connectivity index (χ2v) is 26.2. The number of cyclic esters (lactones) is 1. The molecule has 0 radical (unpaired) electrons. The summed E-state index contributed by atoms with van der Waals surface area (Å²) in [5.74, 6) is -2.97. The van der Waals surface area contributed by atoms with Crippen LogP contribution in [-0.4, -0.2) is 169 Å². The number of rotatable bonds is 26. The van der Waals surface area contributed by atoms with Crippen molar-refractivity contribution in [3.8, 4) is 0 Å². The number of unbranched alkanes of at least 4 members (excludes halogenated alkanes) is 2. The van der Waals surface area contributed by atoms with E-state index in [1.165, 1.54) is 29.9 Å². The number of hydrogen-bond donors (Lipinski definition) is 5. The van der Waals surface area contributed by atoms with Crippen molar-refractivity contribution < 1.29 is 72.7 Å². The first-order valence-corrected chi connectivity index (χ1v) is 31.7. The fourth-order valence-corrected chi connectivity index (χ4v) is 12.8. The van der Waals surface area contributed by atoms with E-state index in [9.17, 15) is 54.0 Å². The molecule has 3 fully saturated rings. The van der Waals surface area contributed by atoms with Gasteiger partial charge in [0.05, 0.1) is 74.7 Å². The summed E-state index contributed by atoms with van der Waals surface area (Å²) in [5.41, 5.74) is -0.188. The van der Waals surface area contributed by atoms with Crippen molar-refractivity contribution in [2.45, 2.75) is 238 Å². The molecule has 4 amide bonds. The molecular formula is C67H101N4O14+. The van der Waals surface area contributed by atoms with Crippen LogP contribution < -0.4 is 5.32 Å². The molecule has 18 nitrogen and oxygen atoms in total. The van der Waals surface area contributed by atoms with Crippen LogP contribution in [-0.2, 0) is 55.9 Å². The minimum Gasteiger partial charge on any atom is -0.457 e. The number of amides is 4. The van der Waals surface area contributed by atoms with E-state index in [0.29, 0.717) is 76.4 Å². The summed E-state index contributed by atoms with van der Waals surface area (Å²) in [6.45, 7) is 19.6. The Labute approximate surface area is 505 Å². The van der Waals surface area contributed by atoms with Gasteiger partial charge in [0.1, 0.15) is 24.0 Å². The van der Waals surface area contributed by atoms with E-state index in [-0.39, 0.29) is 91.9 Å². The van der Waals surface area contributed by atoms with Gasteiger partial charge in [0.15, 0.2) is 11.9 Å². The molecule has 5 N–H and O–H groups in total. The largest absolute Gasteiger partial charge is 0.457 e. The van der Waals surface area contributed by atoms with Crippen LogP contribution in [0.2, 0.25) is 0 Å². The standard InChI is InChI=1S/C67H100N4O14/c1-10-55(74)47(6)63-57(83-63)42-66(8,81)32-18-19-45(4)62-46(5)23-28-58(67(9,82)33-31-53(73)41-61(78)85-62)84-65(80)69-35-37-71(38-36-69,51-20-14-11-12-15-21-51)43-50-26-24-49(25-27-50)39-56(75)48(7)68-64(79)54(44(2)3)40-52(72)22-16-13-17-34-70-59(76)29-30-60(70)77/h18-19,23-30,32,44,46-48,51,53-55,57-58,62-63,73-74,81-82H,10-17,20-22,31,33-43H2,1-9H3/p+1/b28-23+,32-18+,45-19+/t46-,47+,48-,53+,54-,55-,57+,58-,62+,63+,66-,67+/m0/s1. The quantitative estimate of drug-likeness (QED) is 0.00860. The number of ether oxygens (including phenoxy) is 3. The summed E-state index contributed by atoms with van der Waals surface area (Å²) in [5, 5.41) is 47.3. The van der Waals surface area contributed by atoms with Crippen LogP contribution in [0.25, 0.3) is 0 Å². The lowest BCUT2D eigenvalue weighted by atomic mass is 9.88. The molecule has 12 atom stereocenters. The maximum absolute atomic E-state index is 14.3. The highest BCUT2D eigenvalue weighted by Crippen LogP contribution is 2.38. The van der Waals surface area contributed by atoms with Gasteiger partial charge in [0.25, 0.3) is 11.8 Å². The summed E-state index contributed by atoms with van der Waals surface area (Å²) in [6, 6.07) is 7.74. The molecule has 18 heteroatoms. The Hall–Kier alpha value is -5.37. The van der Waals surface area contributed by atoms with Crippen molar-refractivity contribution in [3.05, 3.63) is 83.5 Å². The molecule has 85 heavy (non-hydrogen) atoms. The number of carbonyl (C=O) groups is 7. The lowest BCUT2D eigenvalue weighted by Gasteiger charge is -2.49. The fourth-order valence-electron chi connectivity index (χ4n) is 12.8. The summed E-state index contributed by atoms with van der Waals surface area (Å²) in [6.07, 6.45) is 16.7. The molecule has 1 aromatic rings. The zero-order chi connectivity index (χ0) is 62.2. The number of Topliss-reactive ketones (excluding diaryl/α,β-unsaturated/α-hetero) is 2. The number of epoxide rings is 1. The van der Waals surface area contributed by atoms with Gasteiger partial charge in [-0.05, 0) is 109 Å². The second-order valence-electron chi connectivity index (χ2n) is 26.2. The number of nitrogens with zero attached hydrogens (tertiary/aromatic N) is 3. The number of carbonyl (C=O) groups excluding carboxylic acids is 7. The van der Waals surface area contributed by atoms with Crippen molar-refractivity contribution in [3.63, 3.8) is 0 Å². The zero-order valence-corrected chi connectivity index (χ0v) is 52.3. The molecule has 5 aliphatic rings. The minimum absolute atomic E-state index is 0.0424. The Bertz CT molecular complexity index is 2540. The van der Waals surface area contributed by atoms with Crippen LogP contribution in [0.1, 0.15) is 176 Å². The number of aliphatic hydroxyl groups is 4. The number of allylic oxidation sites excluding steroid dienone is 2. The fraction of sp³-hybridized carbons (Fsp3) is 0.687. The minimum atomic E-state index is -1.59. The number of benzene rings is 1. The Kier molecular flexibility index (Phi) is 25.5. The molecule has 0 bridgehead atoms. The van der Waals surface area contributed by atoms with Crippen molar-refractivity contribution in [1.82, 2.24) is 15.1 Å². The molecule has 0 spiro atoms. The number of hydrogen-bond acceptors (Lipinski definition) is 14.